The normalized spacial score (nSPS) is 23.0. The van der Waals surface area contributed by atoms with E-state index in [1.165, 1.54) is 35.2 Å². The zero-order valence-electron chi connectivity index (χ0n) is 24.9. The van der Waals surface area contributed by atoms with E-state index in [9.17, 15) is 19.8 Å². The van der Waals surface area contributed by atoms with Gasteiger partial charge in [-0.25, -0.2) is 0 Å². The van der Waals surface area contributed by atoms with Crippen molar-refractivity contribution in [3.63, 3.8) is 0 Å². The number of benzene rings is 3. The molecule has 6 nitrogen and oxygen atoms in total. The van der Waals surface area contributed by atoms with Crippen molar-refractivity contribution in [3.05, 3.63) is 88.5 Å². The summed E-state index contributed by atoms with van der Waals surface area (Å²) in [7, 11) is 1.58. The number of rotatable bonds is 6. The standard InChI is InChI=1S/C20H29NO.C15H14O4/c1-13(2)14-6-8-16-15(12-14)7-9-17-19(16,3)10-5-11-20(17,4)18(21)22;1-19-12-5-2-10(3-6-12)8-14(17)13-7-4-11(16)9-15(13)18/h6,8,12-13,17H,5,7,9-11H2,1-4H3,(H2,21,22);2-7,9,16,18H,8H2,1H3. The molecule has 2 aliphatic rings. The minimum atomic E-state index is -0.346. The van der Waals surface area contributed by atoms with Gasteiger partial charge in [-0.2, -0.15) is 0 Å². The zero-order chi connectivity index (χ0) is 29.9. The van der Waals surface area contributed by atoms with Gasteiger partial charge in [0.2, 0.25) is 5.91 Å². The fourth-order valence-electron chi connectivity index (χ4n) is 6.95. The van der Waals surface area contributed by atoms with Gasteiger partial charge in [0.1, 0.15) is 17.2 Å². The average Bonchev–Trinajstić information content (AvgIpc) is 2.93. The van der Waals surface area contributed by atoms with Crippen LogP contribution in [0.1, 0.15) is 91.9 Å². The molecule has 6 heteroatoms. The van der Waals surface area contributed by atoms with Crippen LogP contribution in [0.2, 0.25) is 0 Å². The summed E-state index contributed by atoms with van der Waals surface area (Å²) < 4.78 is 5.04. The Morgan fingerprint density at radius 3 is 2.32 bits per heavy atom. The predicted octanol–water partition coefficient (Wildman–Crippen LogP) is 6.84. The molecule has 0 spiro atoms. The molecule has 0 radical (unpaired) electrons. The topological polar surface area (TPSA) is 110 Å². The number of ether oxygens (including phenoxy) is 1. The molecule has 3 unspecified atom stereocenters. The molecular weight excluding hydrogens is 514 g/mol. The van der Waals surface area contributed by atoms with Crippen LogP contribution in [-0.4, -0.2) is 29.0 Å². The number of hydrogen-bond donors (Lipinski definition) is 3. The molecular formula is C35H43NO5. The number of primary amides is 1. The largest absolute Gasteiger partial charge is 0.508 e. The smallest absolute Gasteiger partial charge is 0.223 e. The number of aryl methyl sites for hydroxylation is 1. The van der Waals surface area contributed by atoms with Crippen molar-refractivity contribution in [1.29, 1.82) is 0 Å². The lowest BCUT2D eigenvalue weighted by atomic mass is 9.49. The van der Waals surface area contributed by atoms with Crippen LogP contribution >= 0.6 is 0 Å². The van der Waals surface area contributed by atoms with Crippen molar-refractivity contribution in [2.75, 3.05) is 7.11 Å². The highest BCUT2D eigenvalue weighted by atomic mass is 16.5. The Hall–Kier alpha value is -3.80. The van der Waals surface area contributed by atoms with Gasteiger partial charge in [0.05, 0.1) is 12.7 Å². The maximum atomic E-state index is 12.2. The van der Waals surface area contributed by atoms with E-state index in [4.69, 9.17) is 10.5 Å². The molecule has 3 atom stereocenters. The van der Waals surface area contributed by atoms with Crippen LogP contribution in [0.4, 0.5) is 0 Å². The third-order valence-electron chi connectivity index (χ3n) is 9.41. The van der Waals surface area contributed by atoms with Gasteiger partial charge < -0.3 is 20.7 Å². The Labute approximate surface area is 243 Å². The highest BCUT2D eigenvalue weighted by Crippen LogP contribution is 2.57. The highest BCUT2D eigenvalue weighted by Gasteiger charge is 2.54. The third kappa shape index (κ3) is 6.12. The molecule has 1 fully saturated rings. The number of nitrogens with two attached hydrogens (primary N) is 1. The van der Waals surface area contributed by atoms with Crippen LogP contribution in [0, 0.1) is 11.3 Å². The predicted molar refractivity (Wildman–Crippen MR) is 162 cm³/mol. The van der Waals surface area contributed by atoms with Crippen LogP contribution in [-0.2, 0) is 23.1 Å². The van der Waals surface area contributed by atoms with Crippen molar-refractivity contribution >= 4 is 11.7 Å². The first-order valence-electron chi connectivity index (χ1n) is 14.5. The molecule has 1 saturated carbocycles. The molecule has 41 heavy (non-hydrogen) atoms. The molecule has 1 amide bonds. The summed E-state index contributed by atoms with van der Waals surface area (Å²) in [6.45, 7) is 8.97. The number of phenols is 2. The molecule has 5 rings (SSSR count). The molecule has 0 heterocycles. The van der Waals surface area contributed by atoms with Crippen LogP contribution in [0.5, 0.6) is 17.2 Å². The third-order valence-corrected chi connectivity index (χ3v) is 9.41. The van der Waals surface area contributed by atoms with E-state index < -0.39 is 0 Å². The van der Waals surface area contributed by atoms with E-state index in [-0.39, 0.29) is 46.0 Å². The highest BCUT2D eigenvalue weighted by molar-refractivity contribution is 6.00. The summed E-state index contributed by atoms with van der Waals surface area (Å²) in [5, 5.41) is 18.8. The van der Waals surface area contributed by atoms with E-state index in [0.29, 0.717) is 11.8 Å². The van der Waals surface area contributed by atoms with E-state index in [0.717, 1.165) is 43.1 Å². The first kappa shape index (κ1) is 30.2. The van der Waals surface area contributed by atoms with Crippen molar-refractivity contribution in [3.8, 4) is 17.2 Å². The Morgan fingerprint density at radius 2 is 1.71 bits per heavy atom. The van der Waals surface area contributed by atoms with Gasteiger partial charge in [0.25, 0.3) is 0 Å². The summed E-state index contributed by atoms with van der Waals surface area (Å²) in [4.78, 5) is 24.2. The average molecular weight is 558 g/mol. The first-order chi connectivity index (χ1) is 19.4. The van der Waals surface area contributed by atoms with Crippen LogP contribution in [0.3, 0.4) is 0 Å². The molecule has 218 valence electrons. The number of Topliss-reactive ketones (excluding diaryl/α,β-unsaturated/α-hetero) is 1. The Bertz CT molecular complexity index is 1410. The first-order valence-corrected chi connectivity index (χ1v) is 14.5. The number of methoxy groups -OCH3 is 1. The monoisotopic (exact) mass is 557 g/mol. The summed E-state index contributed by atoms with van der Waals surface area (Å²) in [5.41, 5.74) is 11.0. The van der Waals surface area contributed by atoms with Crippen LogP contribution < -0.4 is 10.5 Å². The lowest BCUT2D eigenvalue weighted by Gasteiger charge is -2.54. The van der Waals surface area contributed by atoms with Gasteiger partial charge in [0, 0.05) is 17.9 Å². The Morgan fingerprint density at radius 1 is 1.00 bits per heavy atom. The van der Waals surface area contributed by atoms with E-state index >= 15 is 0 Å². The number of carbonyl (C=O) groups is 2. The minimum Gasteiger partial charge on any atom is -0.508 e. The van der Waals surface area contributed by atoms with Gasteiger partial charge in [-0.1, -0.05) is 64.4 Å². The fourth-order valence-corrected chi connectivity index (χ4v) is 6.95. The number of fused-ring (bicyclic) bond motifs is 3. The number of aromatic hydroxyl groups is 2. The SMILES string of the molecule is CC(C)c1ccc2c(c1)CCC1C(C)(C(N)=O)CCCC21C.COc1ccc(CC(=O)c2ccc(O)cc2O)cc1. The van der Waals surface area contributed by atoms with Crippen molar-refractivity contribution in [2.24, 2.45) is 17.1 Å². The van der Waals surface area contributed by atoms with Gasteiger partial charge >= 0.3 is 0 Å². The van der Waals surface area contributed by atoms with Crippen LogP contribution in [0.15, 0.2) is 60.7 Å². The summed E-state index contributed by atoms with van der Waals surface area (Å²) in [6, 6.07) is 18.1. The minimum absolute atomic E-state index is 0.0708. The Balaban J connectivity index is 0.000000191. The molecule has 2 aliphatic carbocycles. The quantitative estimate of drug-likeness (QED) is 0.288. The lowest BCUT2D eigenvalue weighted by molar-refractivity contribution is -0.135. The fraction of sp³-hybridized carbons (Fsp3) is 0.429. The molecule has 0 aromatic heterocycles. The summed E-state index contributed by atoms with van der Waals surface area (Å²) in [6.07, 6.45) is 5.57. The second-order valence-electron chi connectivity index (χ2n) is 12.4. The Kier molecular flexibility index (Phi) is 8.81. The van der Waals surface area contributed by atoms with Gasteiger partial charge in [0.15, 0.2) is 5.78 Å². The maximum absolute atomic E-state index is 12.2. The molecule has 0 saturated heterocycles. The maximum Gasteiger partial charge on any atom is 0.223 e. The van der Waals surface area contributed by atoms with Gasteiger partial charge in [-0.05, 0) is 89.5 Å². The van der Waals surface area contributed by atoms with Gasteiger partial charge in [-0.15, -0.1) is 0 Å². The number of phenolic OH excluding ortho intramolecular Hbond substituents is 2. The lowest BCUT2D eigenvalue weighted by Crippen LogP contribution is -2.54. The molecule has 0 bridgehead atoms. The summed E-state index contributed by atoms with van der Waals surface area (Å²) in [5.74, 6) is 1.08. The number of hydrogen-bond acceptors (Lipinski definition) is 5. The van der Waals surface area contributed by atoms with E-state index in [1.54, 1.807) is 31.4 Å². The van der Waals surface area contributed by atoms with Gasteiger partial charge in [-0.3, -0.25) is 9.59 Å². The molecule has 4 N–H and O–H groups in total. The zero-order valence-corrected chi connectivity index (χ0v) is 24.9. The number of carbonyl (C=O) groups excluding carboxylic acids is 2. The van der Waals surface area contributed by atoms with E-state index in [1.807, 2.05) is 0 Å². The number of amides is 1. The van der Waals surface area contributed by atoms with E-state index in [2.05, 4.69) is 45.9 Å². The van der Waals surface area contributed by atoms with Crippen molar-refractivity contribution in [2.45, 2.75) is 77.6 Å². The van der Waals surface area contributed by atoms with Crippen molar-refractivity contribution < 1.29 is 24.5 Å². The number of ketones is 1. The molecule has 3 aromatic carbocycles. The summed E-state index contributed by atoms with van der Waals surface area (Å²) >= 11 is 0. The van der Waals surface area contributed by atoms with Crippen molar-refractivity contribution in [1.82, 2.24) is 0 Å². The second kappa shape index (κ2) is 12.0. The van der Waals surface area contributed by atoms with Crippen LogP contribution in [0.25, 0.3) is 0 Å². The molecule has 3 aromatic rings. The molecule has 0 aliphatic heterocycles. The second-order valence-corrected chi connectivity index (χ2v) is 12.4.